The van der Waals surface area contributed by atoms with Crippen molar-refractivity contribution in [2.45, 2.75) is 309 Å². The zero-order valence-corrected chi connectivity index (χ0v) is 97.6. The number of hydrogen-bond donors (Lipinski definition) is 15. The van der Waals surface area contributed by atoms with E-state index in [1.807, 2.05) is 79.9 Å². The van der Waals surface area contributed by atoms with Gasteiger partial charge in [-0.05, 0) is 445 Å². The average molecular weight is 2200 g/mol. The van der Waals surface area contributed by atoms with E-state index in [0.717, 1.165) is 255 Å². The number of rotatable bonds is 42. The Hall–Kier alpha value is -7.65. The summed E-state index contributed by atoms with van der Waals surface area (Å²) in [5.74, 6) is 2.58. The topological polar surface area (TPSA) is 692 Å². The number of carbonyl (C=O) groups excluding carboxylic acids is 3. The zero-order valence-electron chi connectivity index (χ0n) is 91.9. The lowest BCUT2D eigenvalue weighted by atomic mass is 10.1. The van der Waals surface area contributed by atoms with Crippen molar-refractivity contribution in [2.24, 2.45) is 56.8 Å². The molecular formula is C102H186N16O21S7-6. The summed E-state index contributed by atoms with van der Waals surface area (Å²) in [4.78, 5) is 37.1. The second-order valence-electron chi connectivity index (χ2n) is 37.8. The van der Waals surface area contributed by atoms with Crippen LogP contribution in [0.15, 0.2) is 120 Å². The van der Waals surface area contributed by atoms with Gasteiger partial charge >= 0.3 is 5.97 Å². The summed E-state index contributed by atoms with van der Waals surface area (Å²) in [5, 5.41) is 28.3. The first-order valence-corrected chi connectivity index (χ1v) is 56.4. The number of esters is 1. The van der Waals surface area contributed by atoms with Gasteiger partial charge in [-0.3, -0.25) is 39.6 Å². The van der Waals surface area contributed by atoms with Crippen LogP contribution >= 0.6 is 11.3 Å². The molecular weight excluding hydrogens is 2010 g/mol. The minimum Gasteiger partial charge on any atom is -0.772 e. The Morgan fingerprint density at radius 1 is 0.411 bits per heavy atom. The first kappa shape index (κ1) is 151. The van der Waals surface area contributed by atoms with Gasteiger partial charge in [0.15, 0.2) is 22.4 Å². The number of fused-ring (bicyclic) bond motifs is 1. The maximum absolute atomic E-state index is 11.2. The second kappa shape index (κ2) is 92.3. The summed E-state index contributed by atoms with van der Waals surface area (Å²) >= 11 is -10.1. The van der Waals surface area contributed by atoms with Crippen LogP contribution < -0.4 is 97.6 Å². The van der Waals surface area contributed by atoms with Gasteiger partial charge in [0.25, 0.3) is 0 Å². The normalized spacial score (nSPS) is 12.5. The number of methoxy groups -OCH3 is 3. The number of Topliss-reactive ketones (excluding diaryl/α,β-unsaturated/α-hetero) is 1. The van der Waals surface area contributed by atoms with E-state index in [-0.39, 0.29) is 18.2 Å². The highest BCUT2D eigenvalue weighted by atomic mass is 32.2. The highest BCUT2D eigenvalue weighted by Crippen LogP contribution is 2.31. The van der Waals surface area contributed by atoms with Crippen molar-refractivity contribution in [3.8, 4) is 23.0 Å². The number of nitrogens with two attached hydrogens (primary N) is 10. The van der Waals surface area contributed by atoms with Crippen molar-refractivity contribution >= 4 is 129 Å². The number of hydrogen-bond acceptors (Lipinski definition) is 37. The summed E-state index contributed by atoms with van der Waals surface area (Å²) in [6.45, 7) is 46.6. The molecule has 6 unspecified atom stereocenters. The lowest BCUT2D eigenvalue weighted by molar-refractivity contribution is -0.139. The van der Waals surface area contributed by atoms with E-state index in [2.05, 4.69) is 48.3 Å². The fourth-order valence-electron chi connectivity index (χ4n) is 9.35. The minimum atomic E-state index is -1.93. The smallest absolute Gasteiger partial charge is 0.311 e. The van der Waals surface area contributed by atoms with Crippen LogP contribution in [0.2, 0.25) is 0 Å². The maximum Gasteiger partial charge on any atom is 0.311 e. The molecule has 0 bridgehead atoms. The van der Waals surface area contributed by atoms with Crippen LogP contribution in [-0.2, 0) is 88.9 Å². The molecule has 37 nitrogen and oxygen atoms in total. The van der Waals surface area contributed by atoms with Crippen LogP contribution in [0.4, 0.5) is 27.9 Å². The van der Waals surface area contributed by atoms with Crippen molar-refractivity contribution in [3.05, 3.63) is 143 Å². The number of amides is 1. The highest BCUT2D eigenvalue weighted by Gasteiger charge is 2.19. The molecule has 0 radical (unpaired) electrons. The summed E-state index contributed by atoms with van der Waals surface area (Å²) in [6.07, 6.45) is 22.3. The van der Waals surface area contributed by atoms with Crippen molar-refractivity contribution in [1.82, 2.24) is 4.98 Å². The van der Waals surface area contributed by atoms with Crippen LogP contribution in [-0.4, -0.2) is 228 Å². The predicted octanol–water partition coefficient (Wildman–Crippen LogP) is 15.4. The Kier molecular flexibility index (Phi) is 95.6. The van der Waals surface area contributed by atoms with Crippen molar-refractivity contribution in [3.63, 3.8) is 0 Å². The third kappa shape index (κ3) is 92.5. The molecule has 25 N–H and O–H groups in total. The molecule has 0 spiro atoms. The van der Waals surface area contributed by atoms with Crippen LogP contribution in [0, 0.1) is 0 Å². The molecule has 0 fully saturated rings. The molecule has 44 heteroatoms. The second-order valence-corrected chi connectivity index (χ2v) is 48.8. The number of oxime groups is 1. The molecule has 0 saturated heterocycles. The van der Waals surface area contributed by atoms with Gasteiger partial charge < -0.3 is 135 Å². The summed E-state index contributed by atoms with van der Waals surface area (Å²) in [6, 6.07) is 33.8. The van der Waals surface area contributed by atoms with Crippen LogP contribution in [0.3, 0.4) is 0 Å². The van der Waals surface area contributed by atoms with E-state index >= 15 is 0 Å². The molecule has 1 aliphatic carbocycles. The van der Waals surface area contributed by atoms with E-state index < -0.39 is 101 Å². The van der Waals surface area contributed by atoms with E-state index in [1.165, 1.54) is 49.7 Å². The standard InChI is InChI=1S/C15H26N2O2.C14H21N3O.C13H20N2O.C11H19N3O2S.C8H9NO2.C7H9NO.2C5H14N2.6C4H10O2S/c1-3-18-14-9-8-13(12-15(14)19-4-2)17-11-7-5-6-10-16;15-8-2-1-3-9-16-12-5-6-13-11(10-12)4-7-14(13)17-18;1-11(16)12-6-5-7-13(10-12)15-9-4-2-3-8-14;1-16-10(15)7-9-8-17-11(14-9)13-6-4-2-3-5-12;1-11-7-4-2-6(3-5-7)8(9)10;1-9-7-4-2-6(8)3-5-7;2*6-4-2-1-3-5-7;6*1-4(2,3)7(5)6/h8-9,12,17H,3-7,10-11,16H2,1-2H3;5-6,10,16,18H,1-4,7-9,15H2;5-7,10,15H,2-4,8-9,14H2,1H3;8H,2-7,12H2,1H3,(H,13,14);2-5H,1H3,(H2,9,10);2-5H,8H2,1H3;2*1-7H2;6*1-3H3,(H,5,6)/p-6/b;17-14+;;;;;;;;;;;;. The quantitative estimate of drug-likeness (QED) is 0.00322. The molecule has 6 aromatic rings. The molecule has 7 rings (SSSR count). The molecule has 1 amide bonds. The molecule has 0 saturated carbocycles. The minimum absolute atomic E-state index is 0.104. The fraction of sp³-hybridized carbons (Fsp3) is 0.637. The van der Waals surface area contributed by atoms with Gasteiger partial charge in [-0.25, -0.2) is 4.98 Å². The lowest BCUT2D eigenvalue weighted by Gasteiger charge is -2.20. The van der Waals surface area contributed by atoms with Crippen molar-refractivity contribution in [2.75, 3.05) is 140 Å². The van der Waals surface area contributed by atoms with Crippen molar-refractivity contribution < 1.29 is 95.8 Å². The highest BCUT2D eigenvalue weighted by molar-refractivity contribution is 7.81. The van der Waals surface area contributed by atoms with E-state index in [0.29, 0.717) is 18.8 Å². The monoisotopic (exact) mass is 2200 g/mol. The Labute approximate surface area is 894 Å². The summed E-state index contributed by atoms with van der Waals surface area (Å²) in [5.41, 5.74) is 62.3. The van der Waals surface area contributed by atoms with Gasteiger partial charge in [0.2, 0.25) is 5.91 Å². The Bertz CT molecular complexity index is 4230. The summed E-state index contributed by atoms with van der Waals surface area (Å²) < 4.78 is 142. The molecule has 848 valence electrons. The van der Waals surface area contributed by atoms with Gasteiger partial charge in [-0.15, -0.1) is 11.3 Å². The molecule has 1 aromatic heterocycles. The van der Waals surface area contributed by atoms with Crippen LogP contribution in [0.5, 0.6) is 23.0 Å². The number of carbonyl (C=O) groups is 3. The van der Waals surface area contributed by atoms with Gasteiger partial charge in [0, 0.05) is 106 Å². The predicted molar refractivity (Wildman–Crippen MR) is 607 cm³/mol. The molecule has 1 aliphatic rings. The number of ether oxygens (including phenoxy) is 5. The fourth-order valence-corrected chi connectivity index (χ4v) is 10.1. The molecule has 6 atom stereocenters. The number of nitrogen functional groups attached to an aromatic ring is 1. The Balaban J connectivity index is -0.000000291. The Morgan fingerprint density at radius 2 is 0.726 bits per heavy atom. The summed E-state index contributed by atoms with van der Waals surface area (Å²) in [7, 11) is 4.58. The number of primary amides is 1. The number of aromatic nitrogens is 1. The first-order chi connectivity index (χ1) is 68.2. The number of thiazole rings is 1. The van der Waals surface area contributed by atoms with Gasteiger partial charge in [0.05, 0.1) is 52.4 Å². The van der Waals surface area contributed by atoms with Gasteiger partial charge in [-0.1, -0.05) is 61.9 Å². The van der Waals surface area contributed by atoms with E-state index in [1.54, 1.807) is 182 Å². The zero-order chi connectivity index (χ0) is 114. The molecule has 146 heavy (non-hydrogen) atoms. The molecule has 5 aromatic carbocycles. The van der Waals surface area contributed by atoms with Crippen LogP contribution in [0.25, 0.3) is 0 Å². The number of anilines is 5. The number of nitrogens with one attached hydrogen (secondary N) is 4. The average Bonchev–Trinajstić information content (AvgIpc) is 1.68. The third-order valence-corrected chi connectivity index (χ3v) is 25.0. The molecule has 1 heterocycles. The largest absolute Gasteiger partial charge is 0.772 e. The first-order valence-electron chi connectivity index (χ1n) is 49.0. The number of unbranched alkanes of at least 4 members (excludes halogenated alkanes) is 12. The van der Waals surface area contributed by atoms with Crippen molar-refractivity contribution in [1.29, 1.82) is 0 Å². The number of ketones is 1. The molecule has 0 aliphatic heterocycles. The number of benzene rings is 5. The van der Waals surface area contributed by atoms with Crippen LogP contribution in [0.1, 0.15) is 305 Å². The van der Waals surface area contributed by atoms with Gasteiger partial charge in [-0.2, -0.15) is 0 Å². The van der Waals surface area contributed by atoms with E-state index in [9.17, 15) is 67.0 Å². The maximum atomic E-state index is 11.2. The Morgan fingerprint density at radius 3 is 1.03 bits per heavy atom. The SMILES string of the molecule is CC(=O)c1cccc(NCCCCCN)c1.CC(C)(C)S(=O)[O-].CC(C)(C)S(=O)[O-].CC(C)(C)S(=O)[O-].CC(C)(C)S(=O)[O-].CC(C)(C)S(=O)[O-].CC(C)(C)S(=O)[O-].CCOc1ccc(NCCCCCN)cc1OCC.COC(=O)Cc1csc(NCCCCCN)n1.COc1ccc(C(N)=O)cc1.COc1ccc(N)cc1.NCCCCCN.NCCCCCN.NCCCCCNc1ccc2c(c1)CC/C2=N\O. The van der Waals surface area contributed by atoms with E-state index in [4.69, 9.17) is 81.5 Å². The lowest BCUT2D eigenvalue weighted by Crippen LogP contribution is -2.20. The number of nitrogens with zero attached hydrogens (tertiary/aromatic N) is 2. The number of aryl methyl sites for hydroxylation is 1. The third-order valence-electron chi connectivity index (χ3n) is 18.2. The van der Waals surface area contributed by atoms with Gasteiger partial charge in [0.1, 0.15) is 11.5 Å².